The van der Waals surface area contributed by atoms with E-state index in [0.29, 0.717) is 11.2 Å². The quantitative estimate of drug-likeness (QED) is 0.466. The van der Waals surface area contributed by atoms with Crippen molar-refractivity contribution in [2.75, 3.05) is 33.2 Å². The lowest BCUT2D eigenvalue weighted by Crippen LogP contribution is -2.40. The van der Waals surface area contributed by atoms with Gasteiger partial charge in [0.25, 0.3) is 0 Å². The number of thiophene rings is 1. The monoisotopic (exact) mass is 560 g/mol. The van der Waals surface area contributed by atoms with Crippen LogP contribution < -0.4 is 0 Å². The van der Waals surface area contributed by atoms with Crippen LogP contribution in [0.1, 0.15) is 68.4 Å². The normalized spacial score (nSPS) is 27.4. The predicted molar refractivity (Wildman–Crippen MR) is 152 cm³/mol. The molecular formula is C30H41FN2O3S2. The number of piperidine rings is 1. The molecule has 1 saturated carbocycles. The Morgan fingerprint density at radius 2 is 1.89 bits per heavy atom. The molecule has 0 radical (unpaired) electrons. The maximum absolute atomic E-state index is 13.3. The predicted octanol–water partition coefficient (Wildman–Crippen LogP) is 5.77. The molecule has 4 heterocycles. The van der Waals surface area contributed by atoms with Gasteiger partial charge < -0.3 is 10.0 Å². The van der Waals surface area contributed by atoms with Crippen LogP contribution in [-0.4, -0.2) is 69.6 Å². The fraction of sp³-hybridized carbons (Fsp3) is 0.633. The minimum Gasteiger partial charge on any atom is -0.480 e. The van der Waals surface area contributed by atoms with Crippen LogP contribution in [0.3, 0.4) is 0 Å². The Hall–Kier alpha value is -1.61. The third kappa shape index (κ3) is 7.12. The van der Waals surface area contributed by atoms with Gasteiger partial charge in [0.15, 0.2) is 0 Å². The molecule has 38 heavy (non-hydrogen) atoms. The van der Waals surface area contributed by atoms with Gasteiger partial charge >= 0.3 is 5.97 Å². The van der Waals surface area contributed by atoms with Gasteiger partial charge in [-0.25, -0.2) is 4.39 Å². The van der Waals surface area contributed by atoms with Crippen molar-refractivity contribution in [1.82, 2.24) is 9.80 Å². The molecule has 0 amide bonds. The van der Waals surface area contributed by atoms with Gasteiger partial charge in [-0.2, -0.15) is 0 Å². The van der Waals surface area contributed by atoms with Crippen molar-refractivity contribution in [2.45, 2.75) is 79.2 Å². The lowest BCUT2D eigenvalue weighted by Gasteiger charge is -2.32. The molecule has 2 saturated heterocycles. The zero-order chi connectivity index (χ0) is 26.6. The highest BCUT2D eigenvalue weighted by Gasteiger charge is 2.37. The summed E-state index contributed by atoms with van der Waals surface area (Å²) in [6.07, 6.45) is 10.1. The van der Waals surface area contributed by atoms with Gasteiger partial charge in [0.2, 0.25) is 0 Å². The van der Waals surface area contributed by atoms with Crippen LogP contribution in [0.2, 0.25) is 0 Å². The van der Waals surface area contributed by atoms with Crippen LogP contribution in [-0.2, 0) is 22.0 Å². The fourth-order valence-corrected chi connectivity index (χ4v) is 9.45. The number of fused-ring (bicyclic) bond motifs is 1. The highest BCUT2D eigenvalue weighted by molar-refractivity contribution is 7.88. The minimum absolute atomic E-state index is 0.214. The van der Waals surface area contributed by atoms with Crippen molar-refractivity contribution in [3.05, 3.63) is 52.7 Å². The fourth-order valence-electron chi connectivity index (χ4n) is 6.31. The molecule has 6 rings (SSSR count). The van der Waals surface area contributed by atoms with Crippen molar-refractivity contribution >= 4 is 28.1 Å². The van der Waals surface area contributed by atoms with E-state index in [1.807, 2.05) is 6.07 Å². The van der Waals surface area contributed by atoms with E-state index in [1.54, 1.807) is 23.5 Å². The number of carbonyl (C=O) groups is 1. The topological polar surface area (TPSA) is 60.9 Å². The van der Waals surface area contributed by atoms with Crippen LogP contribution >= 0.6 is 11.3 Å². The highest BCUT2D eigenvalue weighted by atomic mass is 32.2. The van der Waals surface area contributed by atoms with Gasteiger partial charge in [0.1, 0.15) is 11.9 Å². The Morgan fingerprint density at radius 3 is 2.61 bits per heavy atom. The summed E-state index contributed by atoms with van der Waals surface area (Å²) in [5.41, 5.74) is 2.33. The van der Waals surface area contributed by atoms with Gasteiger partial charge in [-0.3, -0.25) is 13.9 Å². The average molecular weight is 561 g/mol. The number of likely N-dealkylation sites (tertiary alicyclic amines) is 2. The summed E-state index contributed by atoms with van der Waals surface area (Å²) in [4.78, 5) is 15.9. The number of halogens is 1. The van der Waals surface area contributed by atoms with E-state index in [0.717, 1.165) is 50.3 Å². The molecule has 4 aliphatic rings. The smallest absolute Gasteiger partial charge is 0.320 e. The maximum Gasteiger partial charge on any atom is 0.320 e. The zero-order valence-corrected chi connectivity index (χ0v) is 24.0. The molecule has 1 N–H and O–H groups in total. The summed E-state index contributed by atoms with van der Waals surface area (Å²) in [5.74, 6) is 0.734. The Balaban J connectivity index is 0.000000156. The molecule has 8 heteroatoms. The van der Waals surface area contributed by atoms with E-state index in [-0.39, 0.29) is 17.8 Å². The van der Waals surface area contributed by atoms with Crippen molar-refractivity contribution in [3.8, 4) is 0 Å². The Labute approximate surface area is 232 Å². The second-order valence-electron chi connectivity index (χ2n) is 11.7. The first kappa shape index (κ1) is 27.9. The Bertz CT molecular complexity index is 1110. The van der Waals surface area contributed by atoms with E-state index in [9.17, 15) is 18.5 Å². The number of hydrogen-bond donors (Lipinski definition) is 1. The molecule has 4 atom stereocenters. The number of aliphatic carboxylic acids is 1. The molecule has 1 aromatic carbocycles. The lowest BCUT2D eigenvalue weighted by atomic mass is 9.91. The second kappa shape index (κ2) is 12.7. The van der Waals surface area contributed by atoms with Gasteiger partial charge in [-0.1, -0.05) is 25.0 Å². The molecule has 0 spiro atoms. The van der Waals surface area contributed by atoms with E-state index < -0.39 is 16.8 Å². The third-order valence-corrected chi connectivity index (χ3v) is 12.1. The van der Waals surface area contributed by atoms with Crippen LogP contribution in [0, 0.1) is 17.7 Å². The summed E-state index contributed by atoms with van der Waals surface area (Å²) in [7, 11) is 1.47. The minimum atomic E-state index is -0.727. The number of carboxylic acid groups (broad SMARTS) is 1. The molecule has 0 bridgehead atoms. The first-order valence-corrected chi connectivity index (χ1v) is 16.3. The number of benzene rings is 1. The van der Waals surface area contributed by atoms with E-state index in [4.69, 9.17) is 0 Å². The summed E-state index contributed by atoms with van der Waals surface area (Å²) in [6.45, 7) is 3.96. The van der Waals surface area contributed by atoms with Gasteiger partial charge in [0, 0.05) is 11.8 Å². The molecule has 1 aromatic heterocycles. The van der Waals surface area contributed by atoms with Crippen molar-refractivity contribution in [1.29, 1.82) is 0 Å². The number of carboxylic acids is 1. The van der Waals surface area contributed by atoms with Gasteiger partial charge in [-0.05, 0) is 124 Å². The maximum atomic E-state index is 13.3. The van der Waals surface area contributed by atoms with Crippen LogP contribution in [0.4, 0.5) is 4.39 Å². The molecule has 208 valence electrons. The van der Waals surface area contributed by atoms with Crippen molar-refractivity contribution < 1.29 is 18.5 Å². The van der Waals surface area contributed by atoms with Crippen LogP contribution in [0.15, 0.2) is 39.9 Å². The van der Waals surface area contributed by atoms with Gasteiger partial charge in [-0.15, -0.1) is 11.3 Å². The summed E-state index contributed by atoms with van der Waals surface area (Å²) >= 11 is 1.69. The van der Waals surface area contributed by atoms with E-state index in [2.05, 4.69) is 28.3 Å². The summed E-state index contributed by atoms with van der Waals surface area (Å²) in [5, 5.41) is 11.9. The van der Waals surface area contributed by atoms with Crippen molar-refractivity contribution in [3.63, 3.8) is 0 Å². The molecule has 5 nitrogen and oxygen atoms in total. The Morgan fingerprint density at radius 1 is 1.11 bits per heavy atom. The van der Waals surface area contributed by atoms with Crippen molar-refractivity contribution in [2.24, 2.45) is 11.8 Å². The van der Waals surface area contributed by atoms with E-state index >= 15 is 0 Å². The highest BCUT2D eigenvalue weighted by Crippen LogP contribution is 2.37. The number of nitrogens with zero attached hydrogens (tertiary/aromatic N) is 2. The molecular weight excluding hydrogens is 519 g/mol. The van der Waals surface area contributed by atoms with Crippen LogP contribution in [0.25, 0.3) is 0 Å². The molecule has 3 aliphatic heterocycles. The Kier molecular flexibility index (Phi) is 9.34. The number of hydrogen-bond acceptors (Lipinski definition) is 5. The zero-order valence-electron chi connectivity index (χ0n) is 22.4. The summed E-state index contributed by atoms with van der Waals surface area (Å²) in [6, 6.07) is 8.49. The van der Waals surface area contributed by atoms with Crippen LogP contribution in [0.5, 0.6) is 0 Å². The van der Waals surface area contributed by atoms with Gasteiger partial charge in [0.05, 0.1) is 15.0 Å². The average Bonchev–Trinajstić information content (AvgIpc) is 3.37. The summed E-state index contributed by atoms with van der Waals surface area (Å²) < 4.78 is 27.0. The number of rotatable bonds is 7. The molecule has 1 aliphatic carbocycles. The number of aryl methyl sites for hydroxylation is 1. The molecule has 2 aromatic rings. The van der Waals surface area contributed by atoms with E-state index in [1.165, 1.54) is 61.0 Å². The first-order chi connectivity index (χ1) is 18.4. The molecule has 3 fully saturated rings. The first-order valence-electron chi connectivity index (χ1n) is 14.2. The SMILES string of the molecule is CN1CCC(CC2CCc3ccsc3S2=O)CC1.O=C(O)[C@@H](CC1CC1)N1CCC(c2cccc(F)c2)C1. The lowest BCUT2D eigenvalue weighted by molar-refractivity contribution is -0.143. The third-order valence-electron chi connectivity index (χ3n) is 8.88. The largest absolute Gasteiger partial charge is 0.480 e. The standard InChI is InChI=1S/C16H20FNO2.C14H21NOS2/c17-14-3-1-2-12(9-14)13-6-7-18(10-13)15(16(19)20)8-11-4-5-11;1-15-7-4-11(5-8-15)10-13-3-2-12-6-9-17-14(12)18(13)16/h1-3,9,11,13,15H,4-8,10H2,(H,19,20);6,9,11,13H,2-5,7-8,10H2,1H3/t13?,15-;/m1./s1. The molecule has 3 unspecified atom stereocenters. The second-order valence-corrected chi connectivity index (χ2v) is 14.6.